The van der Waals surface area contributed by atoms with Crippen molar-refractivity contribution in [3.63, 3.8) is 0 Å². The van der Waals surface area contributed by atoms with Crippen molar-refractivity contribution >= 4 is 27.3 Å². The third-order valence-electron chi connectivity index (χ3n) is 4.37. The number of carbonyl (C=O) groups excluding carboxylic acids is 1. The zero-order chi connectivity index (χ0) is 15.8. The Kier molecular flexibility index (Phi) is 3.20. The minimum Gasteiger partial charge on any atom is -0.295 e. The van der Waals surface area contributed by atoms with Crippen LogP contribution in [-0.4, -0.2) is 5.78 Å². The Morgan fingerprint density at radius 3 is 2.00 bits per heavy atom. The summed E-state index contributed by atoms with van der Waals surface area (Å²) in [6.07, 6.45) is 0. The van der Waals surface area contributed by atoms with E-state index in [-0.39, 0.29) is 5.78 Å². The zero-order valence-electron chi connectivity index (χ0n) is 12.9. The maximum absolute atomic E-state index is 11.5. The van der Waals surface area contributed by atoms with Crippen LogP contribution in [0.15, 0.2) is 78.9 Å². The third kappa shape index (κ3) is 2.31. The second-order valence-electron chi connectivity index (χ2n) is 5.82. The maximum atomic E-state index is 11.5. The van der Waals surface area contributed by atoms with E-state index in [2.05, 4.69) is 54.6 Å². The van der Waals surface area contributed by atoms with Gasteiger partial charge in [-0.2, -0.15) is 0 Å². The molecule has 0 spiro atoms. The van der Waals surface area contributed by atoms with Crippen LogP contribution in [-0.2, 0) is 0 Å². The summed E-state index contributed by atoms with van der Waals surface area (Å²) >= 11 is 0. The van der Waals surface area contributed by atoms with Gasteiger partial charge < -0.3 is 0 Å². The van der Waals surface area contributed by atoms with Crippen molar-refractivity contribution in [3.8, 4) is 11.1 Å². The number of ketones is 1. The summed E-state index contributed by atoms with van der Waals surface area (Å²) in [5.74, 6) is 0.0971. The fraction of sp³-hybridized carbons (Fsp3) is 0.0455. The SMILES string of the molecule is CC(=O)c1ccc(-c2cc3ccccc3c3ccccc23)cc1. The summed E-state index contributed by atoms with van der Waals surface area (Å²) in [5.41, 5.74) is 3.09. The van der Waals surface area contributed by atoms with Gasteiger partial charge in [-0.15, -0.1) is 0 Å². The van der Waals surface area contributed by atoms with E-state index < -0.39 is 0 Å². The van der Waals surface area contributed by atoms with Gasteiger partial charge in [-0.05, 0) is 45.7 Å². The van der Waals surface area contributed by atoms with Crippen LogP contribution < -0.4 is 0 Å². The summed E-state index contributed by atoms with van der Waals surface area (Å²) in [6.45, 7) is 1.60. The summed E-state index contributed by atoms with van der Waals surface area (Å²) < 4.78 is 0. The summed E-state index contributed by atoms with van der Waals surface area (Å²) in [4.78, 5) is 11.5. The van der Waals surface area contributed by atoms with Gasteiger partial charge in [0.1, 0.15) is 0 Å². The first-order valence-electron chi connectivity index (χ1n) is 7.76. The highest BCUT2D eigenvalue weighted by Gasteiger charge is 2.08. The van der Waals surface area contributed by atoms with E-state index in [0.717, 1.165) is 11.1 Å². The Balaban J connectivity index is 2.03. The predicted molar refractivity (Wildman–Crippen MR) is 96.9 cm³/mol. The van der Waals surface area contributed by atoms with Gasteiger partial charge in [0, 0.05) is 5.56 Å². The molecule has 0 radical (unpaired) electrons. The van der Waals surface area contributed by atoms with Gasteiger partial charge in [-0.3, -0.25) is 4.79 Å². The molecular weight excluding hydrogens is 280 g/mol. The van der Waals surface area contributed by atoms with E-state index in [4.69, 9.17) is 0 Å². The van der Waals surface area contributed by atoms with Crippen LogP contribution in [0.1, 0.15) is 17.3 Å². The molecule has 0 unspecified atom stereocenters. The van der Waals surface area contributed by atoms with Crippen molar-refractivity contribution in [3.05, 3.63) is 84.4 Å². The molecule has 1 heteroatoms. The number of hydrogen-bond donors (Lipinski definition) is 0. The molecule has 0 aliphatic heterocycles. The van der Waals surface area contributed by atoms with E-state index in [9.17, 15) is 4.79 Å². The average molecular weight is 296 g/mol. The highest BCUT2D eigenvalue weighted by molar-refractivity contribution is 6.13. The van der Waals surface area contributed by atoms with Crippen molar-refractivity contribution in [2.75, 3.05) is 0 Å². The summed E-state index contributed by atoms with van der Waals surface area (Å²) in [5, 5.41) is 5.00. The normalized spacial score (nSPS) is 11.0. The molecule has 4 aromatic rings. The molecule has 1 nitrogen and oxygen atoms in total. The lowest BCUT2D eigenvalue weighted by Gasteiger charge is -2.11. The van der Waals surface area contributed by atoms with Gasteiger partial charge >= 0.3 is 0 Å². The molecule has 0 atom stereocenters. The number of rotatable bonds is 2. The molecule has 0 fully saturated rings. The van der Waals surface area contributed by atoms with Gasteiger partial charge in [0.05, 0.1) is 0 Å². The molecule has 4 rings (SSSR count). The Hall–Kier alpha value is -2.93. The molecule has 0 aliphatic rings. The lowest BCUT2D eigenvalue weighted by atomic mass is 9.93. The van der Waals surface area contributed by atoms with Gasteiger partial charge in [0.15, 0.2) is 5.78 Å². The fourth-order valence-electron chi connectivity index (χ4n) is 3.18. The molecule has 110 valence electrons. The fourth-order valence-corrected chi connectivity index (χ4v) is 3.18. The molecular formula is C22H16O. The number of Topliss-reactive ketones (excluding diaryl/α,β-unsaturated/α-hetero) is 1. The minimum absolute atomic E-state index is 0.0971. The topological polar surface area (TPSA) is 17.1 Å². The van der Waals surface area contributed by atoms with Crippen LogP contribution in [0.3, 0.4) is 0 Å². The molecule has 0 amide bonds. The van der Waals surface area contributed by atoms with Crippen molar-refractivity contribution in [1.29, 1.82) is 0 Å². The quantitative estimate of drug-likeness (QED) is 0.334. The Bertz CT molecular complexity index is 1030. The van der Waals surface area contributed by atoms with E-state index in [1.165, 1.54) is 27.1 Å². The zero-order valence-corrected chi connectivity index (χ0v) is 12.9. The van der Waals surface area contributed by atoms with Crippen LogP contribution in [0.25, 0.3) is 32.7 Å². The molecule has 0 N–H and O–H groups in total. The first-order chi connectivity index (χ1) is 11.2. The molecule has 0 aromatic heterocycles. The van der Waals surface area contributed by atoms with E-state index >= 15 is 0 Å². The minimum atomic E-state index is 0.0971. The molecule has 23 heavy (non-hydrogen) atoms. The summed E-state index contributed by atoms with van der Waals surface area (Å²) in [6, 6.07) is 27.1. The molecule has 0 heterocycles. The summed E-state index contributed by atoms with van der Waals surface area (Å²) in [7, 11) is 0. The van der Waals surface area contributed by atoms with Gasteiger partial charge in [-0.25, -0.2) is 0 Å². The van der Waals surface area contributed by atoms with E-state index in [0.29, 0.717) is 0 Å². The number of hydrogen-bond acceptors (Lipinski definition) is 1. The second-order valence-corrected chi connectivity index (χ2v) is 5.82. The standard InChI is InChI=1S/C22H16O/c1-15(23)16-10-12-17(13-11-16)22-14-18-6-2-3-7-19(18)20-8-4-5-9-21(20)22/h2-14H,1H3. The smallest absolute Gasteiger partial charge is 0.159 e. The maximum Gasteiger partial charge on any atom is 0.159 e. The van der Waals surface area contributed by atoms with Gasteiger partial charge in [-0.1, -0.05) is 72.8 Å². The predicted octanol–water partition coefficient (Wildman–Crippen LogP) is 5.86. The highest BCUT2D eigenvalue weighted by Crippen LogP contribution is 2.34. The number of carbonyl (C=O) groups is 1. The van der Waals surface area contributed by atoms with Crippen LogP contribution in [0.4, 0.5) is 0 Å². The Labute approximate surface area is 135 Å². The van der Waals surface area contributed by atoms with Crippen LogP contribution >= 0.6 is 0 Å². The number of fused-ring (bicyclic) bond motifs is 3. The lowest BCUT2D eigenvalue weighted by Crippen LogP contribution is -1.91. The molecule has 0 aliphatic carbocycles. The van der Waals surface area contributed by atoms with E-state index in [1.54, 1.807) is 6.92 Å². The van der Waals surface area contributed by atoms with Crippen molar-refractivity contribution in [2.45, 2.75) is 6.92 Å². The largest absolute Gasteiger partial charge is 0.295 e. The van der Waals surface area contributed by atoms with Gasteiger partial charge in [0.2, 0.25) is 0 Å². The molecule has 0 saturated heterocycles. The average Bonchev–Trinajstić information content (AvgIpc) is 2.61. The first kappa shape index (κ1) is 13.7. The lowest BCUT2D eigenvalue weighted by molar-refractivity contribution is 0.101. The molecule has 0 saturated carbocycles. The number of benzene rings is 4. The Morgan fingerprint density at radius 1 is 0.696 bits per heavy atom. The highest BCUT2D eigenvalue weighted by atomic mass is 16.1. The molecule has 4 aromatic carbocycles. The Morgan fingerprint density at radius 2 is 1.30 bits per heavy atom. The van der Waals surface area contributed by atoms with Crippen LogP contribution in [0.2, 0.25) is 0 Å². The van der Waals surface area contributed by atoms with Crippen LogP contribution in [0, 0.1) is 0 Å². The second kappa shape index (κ2) is 5.36. The monoisotopic (exact) mass is 296 g/mol. The van der Waals surface area contributed by atoms with E-state index in [1.807, 2.05) is 24.3 Å². The first-order valence-corrected chi connectivity index (χ1v) is 7.76. The molecule has 0 bridgehead atoms. The third-order valence-corrected chi connectivity index (χ3v) is 4.37. The van der Waals surface area contributed by atoms with Crippen LogP contribution in [0.5, 0.6) is 0 Å². The van der Waals surface area contributed by atoms with Crippen molar-refractivity contribution in [1.82, 2.24) is 0 Å². The van der Waals surface area contributed by atoms with Gasteiger partial charge in [0.25, 0.3) is 0 Å². The van der Waals surface area contributed by atoms with Crippen molar-refractivity contribution < 1.29 is 4.79 Å². The van der Waals surface area contributed by atoms with Crippen molar-refractivity contribution in [2.24, 2.45) is 0 Å².